The number of carbonyl (C=O) groups is 2. The second kappa shape index (κ2) is 8.99. The molecule has 0 fully saturated rings. The predicted molar refractivity (Wildman–Crippen MR) is 80.0 cm³/mol. The minimum Gasteiger partial charge on any atom is -0.480 e. The molecule has 0 saturated heterocycles. The Labute approximate surface area is 129 Å². The Kier molecular flexibility index (Phi) is 7.31. The standard InChI is InChI=1S/C15H22N2O5/c1-4-10(2)13(15(19)20)17-14(18)11-5-6-16-12(9-11)22-8-7-21-3/h5-6,9-10,13H,4,7-8H2,1-3H3,(H,17,18)(H,19,20). The molecule has 2 N–H and O–H groups in total. The van der Waals surface area contributed by atoms with E-state index in [4.69, 9.17) is 9.47 Å². The monoisotopic (exact) mass is 310 g/mol. The van der Waals surface area contributed by atoms with Crippen molar-refractivity contribution in [1.82, 2.24) is 10.3 Å². The van der Waals surface area contributed by atoms with Crippen molar-refractivity contribution in [3.05, 3.63) is 23.9 Å². The highest BCUT2D eigenvalue weighted by atomic mass is 16.5. The third kappa shape index (κ3) is 5.33. The van der Waals surface area contributed by atoms with E-state index in [9.17, 15) is 14.7 Å². The normalized spacial score (nSPS) is 13.2. The van der Waals surface area contributed by atoms with E-state index in [-0.39, 0.29) is 5.92 Å². The summed E-state index contributed by atoms with van der Waals surface area (Å²) in [6, 6.07) is 2.05. The minimum atomic E-state index is -1.05. The van der Waals surface area contributed by atoms with E-state index in [1.165, 1.54) is 18.3 Å². The smallest absolute Gasteiger partial charge is 0.326 e. The molecule has 0 saturated carbocycles. The lowest BCUT2D eigenvalue weighted by Crippen LogP contribution is -2.45. The number of amides is 1. The van der Waals surface area contributed by atoms with Gasteiger partial charge in [0, 0.05) is 24.9 Å². The Hall–Kier alpha value is -2.15. The first-order valence-electron chi connectivity index (χ1n) is 7.11. The van der Waals surface area contributed by atoms with Gasteiger partial charge in [0.2, 0.25) is 5.88 Å². The van der Waals surface area contributed by atoms with Crippen LogP contribution in [0.15, 0.2) is 18.3 Å². The average molecular weight is 310 g/mol. The zero-order valence-corrected chi connectivity index (χ0v) is 13.0. The number of carboxylic acid groups (broad SMARTS) is 1. The van der Waals surface area contributed by atoms with Crippen molar-refractivity contribution >= 4 is 11.9 Å². The van der Waals surface area contributed by atoms with Crippen molar-refractivity contribution in [2.45, 2.75) is 26.3 Å². The van der Waals surface area contributed by atoms with Gasteiger partial charge in [-0.3, -0.25) is 4.79 Å². The van der Waals surface area contributed by atoms with E-state index < -0.39 is 17.9 Å². The summed E-state index contributed by atoms with van der Waals surface area (Å²) in [5, 5.41) is 11.7. The van der Waals surface area contributed by atoms with Crippen molar-refractivity contribution < 1.29 is 24.2 Å². The van der Waals surface area contributed by atoms with Gasteiger partial charge in [-0.15, -0.1) is 0 Å². The van der Waals surface area contributed by atoms with E-state index >= 15 is 0 Å². The van der Waals surface area contributed by atoms with Gasteiger partial charge in [-0.1, -0.05) is 20.3 Å². The molecule has 1 rings (SSSR count). The first kappa shape index (κ1) is 17.9. The van der Waals surface area contributed by atoms with Crippen LogP contribution in [-0.2, 0) is 9.53 Å². The molecule has 2 unspecified atom stereocenters. The van der Waals surface area contributed by atoms with E-state index in [0.717, 1.165) is 0 Å². The van der Waals surface area contributed by atoms with Crippen LogP contribution < -0.4 is 10.1 Å². The zero-order chi connectivity index (χ0) is 16.5. The zero-order valence-electron chi connectivity index (χ0n) is 13.0. The summed E-state index contributed by atoms with van der Waals surface area (Å²) >= 11 is 0. The molecular formula is C15H22N2O5. The van der Waals surface area contributed by atoms with Crippen molar-refractivity contribution in [3.63, 3.8) is 0 Å². The molecule has 0 aliphatic heterocycles. The Bertz CT molecular complexity index is 506. The summed E-state index contributed by atoms with van der Waals surface area (Å²) < 4.78 is 10.2. The molecule has 1 aromatic heterocycles. The number of carboxylic acids is 1. The highest BCUT2D eigenvalue weighted by Crippen LogP contribution is 2.12. The molecule has 7 nitrogen and oxygen atoms in total. The first-order valence-corrected chi connectivity index (χ1v) is 7.11. The Morgan fingerprint density at radius 2 is 2.14 bits per heavy atom. The number of ether oxygens (including phenoxy) is 2. The highest BCUT2D eigenvalue weighted by molar-refractivity contribution is 5.96. The average Bonchev–Trinajstić information content (AvgIpc) is 2.52. The molecule has 0 bridgehead atoms. The van der Waals surface area contributed by atoms with E-state index in [2.05, 4.69) is 10.3 Å². The second-order valence-electron chi connectivity index (χ2n) is 4.90. The maximum absolute atomic E-state index is 12.2. The maximum atomic E-state index is 12.2. The van der Waals surface area contributed by atoms with E-state index in [1.807, 2.05) is 6.92 Å². The van der Waals surface area contributed by atoms with Crippen LogP contribution in [0.5, 0.6) is 5.88 Å². The maximum Gasteiger partial charge on any atom is 0.326 e. The van der Waals surface area contributed by atoms with Crippen molar-refractivity contribution in [1.29, 1.82) is 0 Å². The Morgan fingerprint density at radius 1 is 1.41 bits per heavy atom. The van der Waals surface area contributed by atoms with Crippen LogP contribution in [0.4, 0.5) is 0 Å². The molecule has 2 atom stereocenters. The summed E-state index contributed by atoms with van der Waals surface area (Å²) in [5.74, 6) is -1.39. The Balaban J connectivity index is 2.75. The number of methoxy groups -OCH3 is 1. The number of pyridine rings is 1. The molecule has 7 heteroatoms. The first-order chi connectivity index (χ1) is 10.5. The van der Waals surface area contributed by atoms with Gasteiger partial charge in [0.15, 0.2) is 0 Å². The van der Waals surface area contributed by atoms with Gasteiger partial charge < -0.3 is 19.9 Å². The number of carbonyl (C=O) groups excluding carboxylic acids is 1. The number of hydrogen-bond acceptors (Lipinski definition) is 5. The van der Waals surface area contributed by atoms with Gasteiger partial charge in [0.1, 0.15) is 12.6 Å². The Morgan fingerprint density at radius 3 is 2.73 bits per heavy atom. The lowest BCUT2D eigenvalue weighted by molar-refractivity contribution is -0.140. The van der Waals surface area contributed by atoms with Crippen molar-refractivity contribution in [2.24, 2.45) is 5.92 Å². The fourth-order valence-corrected chi connectivity index (χ4v) is 1.77. The lowest BCUT2D eigenvalue weighted by Gasteiger charge is -2.20. The molecule has 0 aromatic carbocycles. The molecular weight excluding hydrogens is 288 g/mol. The second-order valence-corrected chi connectivity index (χ2v) is 4.90. The molecule has 22 heavy (non-hydrogen) atoms. The van der Waals surface area contributed by atoms with Gasteiger partial charge in [-0.2, -0.15) is 0 Å². The van der Waals surface area contributed by atoms with Gasteiger partial charge in [0.05, 0.1) is 6.61 Å². The van der Waals surface area contributed by atoms with Gasteiger partial charge in [-0.05, 0) is 12.0 Å². The van der Waals surface area contributed by atoms with Gasteiger partial charge in [-0.25, -0.2) is 9.78 Å². The number of aliphatic carboxylic acids is 1. The fraction of sp³-hybridized carbons (Fsp3) is 0.533. The molecule has 0 aliphatic carbocycles. The van der Waals surface area contributed by atoms with Gasteiger partial charge in [0.25, 0.3) is 5.91 Å². The predicted octanol–water partition coefficient (Wildman–Crippen LogP) is 1.34. The molecule has 1 amide bonds. The third-order valence-electron chi connectivity index (χ3n) is 3.30. The summed E-state index contributed by atoms with van der Waals surface area (Å²) in [4.78, 5) is 27.4. The largest absolute Gasteiger partial charge is 0.480 e. The fourth-order valence-electron chi connectivity index (χ4n) is 1.77. The quantitative estimate of drug-likeness (QED) is 0.668. The summed E-state index contributed by atoms with van der Waals surface area (Å²) in [6.45, 7) is 4.39. The van der Waals surface area contributed by atoms with Crippen LogP contribution in [-0.4, -0.2) is 48.3 Å². The summed E-state index contributed by atoms with van der Waals surface area (Å²) in [7, 11) is 1.56. The molecule has 122 valence electrons. The molecule has 1 heterocycles. The summed E-state index contributed by atoms with van der Waals surface area (Å²) in [5.41, 5.74) is 0.303. The number of nitrogens with zero attached hydrogens (tertiary/aromatic N) is 1. The third-order valence-corrected chi connectivity index (χ3v) is 3.30. The lowest BCUT2D eigenvalue weighted by atomic mass is 9.99. The number of hydrogen-bond donors (Lipinski definition) is 2. The van der Waals surface area contributed by atoms with Crippen molar-refractivity contribution in [3.8, 4) is 5.88 Å². The minimum absolute atomic E-state index is 0.166. The van der Waals surface area contributed by atoms with Crippen LogP contribution in [0, 0.1) is 5.92 Å². The number of rotatable bonds is 9. The van der Waals surface area contributed by atoms with E-state index in [0.29, 0.717) is 31.1 Å². The molecule has 1 aromatic rings. The van der Waals surface area contributed by atoms with Crippen molar-refractivity contribution in [2.75, 3.05) is 20.3 Å². The summed E-state index contributed by atoms with van der Waals surface area (Å²) in [6.07, 6.45) is 2.09. The van der Waals surface area contributed by atoms with E-state index in [1.54, 1.807) is 14.0 Å². The van der Waals surface area contributed by atoms with Crippen LogP contribution in [0.2, 0.25) is 0 Å². The van der Waals surface area contributed by atoms with Crippen LogP contribution in [0.25, 0.3) is 0 Å². The molecule has 0 radical (unpaired) electrons. The number of aromatic nitrogens is 1. The van der Waals surface area contributed by atoms with Crippen LogP contribution >= 0.6 is 0 Å². The topological polar surface area (TPSA) is 97.8 Å². The SMILES string of the molecule is CCC(C)C(NC(=O)c1ccnc(OCCOC)c1)C(=O)O. The van der Waals surface area contributed by atoms with Crippen LogP contribution in [0.3, 0.4) is 0 Å². The van der Waals surface area contributed by atoms with Crippen LogP contribution in [0.1, 0.15) is 30.6 Å². The molecule has 0 aliphatic rings. The highest BCUT2D eigenvalue weighted by Gasteiger charge is 2.25. The van der Waals surface area contributed by atoms with Gasteiger partial charge >= 0.3 is 5.97 Å². The molecule has 0 spiro atoms. The number of nitrogens with one attached hydrogen (secondary N) is 1.